The van der Waals surface area contributed by atoms with Crippen LogP contribution in [0.5, 0.6) is 5.75 Å². The molecule has 2 fully saturated rings. The quantitative estimate of drug-likeness (QED) is 0.831. The molecule has 3 rings (SSSR count). The van der Waals surface area contributed by atoms with Crippen LogP contribution in [-0.4, -0.2) is 55.3 Å². The van der Waals surface area contributed by atoms with E-state index in [1.165, 1.54) is 4.31 Å². The van der Waals surface area contributed by atoms with Gasteiger partial charge in [-0.2, -0.15) is 17.0 Å². The van der Waals surface area contributed by atoms with Crippen LogP contribution in [0.15, 0.2) is 24.5 Å². The number of rotatable bonds is 4. The smallest absolute Gasteiger partial charge is 0.281 e. The molecule has 0 unspecified atom stereocenters. The van der Waals surface area contributed by atoms with Crippen molar-refractivity contribution in [2.45, 2.75) is 18.9 Å². The minimum absolute atomic E-state index is 0.0848. The number of ether oxygens (including phenoxy) is 1. The van der Waals surface area contributed by atoms with Crippen molar-refractivity contribution in [2.75, 3.05) is 27.2 Å². The molecule has 0 bridgehead atoms. The number of pyridine rings is 1. The zero-order chi connectivity index (χ0) is 15.0. The maximum absolute atomic E-state index is 12.2. The van der Waals surface area contributed by atoms with E-state index in [1.807, 2.05) is 12.1 Å². The number of aromatic nitrogens is 1. The largest absolute Gasteiger partial charge is 0.488 e. The second kappa shape index (κ2) is 5.55. The van der Waals surface area contributed by atoms with Crippen molar-refractivity contribution in [1.82, 2.24) is 13.6 Å². The van der Waals surface area contributed by atoms with Crippen LogP contribution in [0.4, 0.5) is 0 Å². The van der Waals surface area contributed by atoms with Gasteiger partial charge in [-0.05, 0) is 30.9 Å². The normalized spacial score (nSPS) is 29.8. The Balaban J connectivity index is 1.70. The van der Waals surface area contributed by atoms with Gasteiger partial charge in [0.05, 0.1) is 6.20 Å². The van der Waals surface area contributed by atoms with Gasteiger partial charge >= 0.3 is 0 Å². The highest BCUT2D eigenvalue weighted by molar-refractivity contribution is 7.86. The first-order valence-corrected chi connectivity index (χ1v) is 8.62. The Morgan fingerprint density at radius 3 is 2.81 bits per heavy atom. The summed E-state index contributed by atoms with van der Waals surface area (Å²) < 4.78 is 33.3. The number of hydrogen-bond acceptors (Lipinski definition) is 4. The summed E-state index contributed by atoms with van der Waals surface area (Å²) in [5.41, 5.74) is 0. The second-order valence-electron chi connectivity index (χ2n) is 5.95. The van der Waals surface area contributed by atoms with Crippen molar-refractivity contribution in [1.29, 1.82) is 0 Å². The second-order valence-corrected chi connectivity index (χ2v) is 8.10. The van der Waals surface area contributed by atoms with E-state index in [1.54, 1.807) is 30.8 Å². The van der Waals surface area contributed by atoms with Gasteiger partial charge in [-0.25, -0.2) is 0 Å². The Morgan fingerprint density at radius 1 is 1.33 bits per heavy atom. The minimum Gasteiger partial charge on any atom is -0.488 e. The van der Waals surface area contributed by atoms with Crippen molar-refractivity contribution in [3.8, 4) is 5.75 Å². The van der Waals surface area contributed by atoms with Crippen molar-refractivity contribution in [3.05, 3.63) is 24.5 Å². The molecule has 21 heavy (non-hydrogen) atoms. The molecule has 1 saturated carbocycles. The Kier molecular flexibility index (Phi) is 3.90. The maximum atomic E-state index is 12.2. The highest BCUT2D eigenvalue weighted by Crippen LogP contribution is 2.41. The highest BCUT2D eigenvalue weighted by atomic mass is 32.2. The molecule has 1 aliphatic carbocycles. The van der Waals surface area contributed by atoms with Gasteiger partial charge in [0.25, 0.3) is 10.2 Å². The molecule has 0 spiro atoms. The molecule has 1 aliphatic heterocycles. The Labute approximate surface area is 125 Å². The number of fused-ring (bicyclic) bond motifs is 1. The summed E-state index contributed by atoms with van der Waals surface area (Å²) in [6, 6.07) is 3.74. The number of nitrogens with zero attached hydrogens (tertiary/aromatic N) is 3. The average Bonchev–Trinajstić information content (AvgIpc) is 3.02. The summed E-state index contributed by atoms with van der Waals surface area (Å²) in [6.07, 6.45) is 5.51. The van der Waals surface area contributed by atoms with Crippen molar-refractivity contribution >= 4 is 10.2 Å². The van der Waals surface area contributed by atoms with E-state index in [0.717, 1.165) is 18.6 Å². The van der Waals surface area contributed by atoms with Crippen LogP contribution in [-0.2, 0) is 10.2 Å². The predicted molar refractivity (Wildman–Crippen MR) is 79.0 cm³/mol. The monoisotopic (exact) mass is 311 g/mol. The van der Waals surface area contributed by atoms with Crippen LogP contribution in [0, 0.1) is 11.8 Å². The molecule has 0 amide bonds. The average molecular weight is 311 g/mol. The molecule has 1 aromatic heterocycles. The van der Waals surface area contributed by atoms with Crippen LogP contribution in [0.3, 0.4) is 0 Å². The zero-order valence-electron chi connectivity index (χ0n) is 12.3. The summed E-state index contributed by atoms with van der Waals surface area (Å²) in [4.78, 5) is 4.05. The first kappa shape index (κ1) is 14.7. The summed E-state index contributed by atoms with van der Waals surface area (Å²) >= 11 is 0. The third-order valence-corrected chi connectivity index (χ3v) is 6.34. The molecule has 1 saturated heterocycles. The molecule has 0 N–H and O–H groups in total. The van der Waals surface area contributed by atoms with Crippen LogP contribution in [0.2, 0.25) is 0 Å². The third kappa shape index (κ3) is 2.77. The van der Waals surface area contributed by atoms with Gasteiger partial charge in [0.2, 0.25) is 0 Å². The fourth-order valence-electron chi connectivity index (χ4n) is 3.33. The standard InChI is InChI=1S/C14H21N3O3S/c1-16(2)21(18,19)17-9-11-5-6-14(13(11)10-17)20-12-4-3-7-15-8-12/h3-4,7-8,11,13-14H,5-6,9-10H2,1-2H3/t11-,13+,14-/m1/s1. The summed E-state index contributed by atoms with van der Waals surface area (Å²) in [6.45, 7) is 1.16. The van der Waals surface area contributed by atoms with E-state index in [9.17, 15) is 8.42 Å². The third-order valence-electron chi connectivity index (χ3n) is 4.47. The van der Waals surface area contributed by atoms with E-state index in [4.69, 9.17) is 4.74 Å². The van der Waals surface area contributed by atoms with Crippen LogP contribution >= 0.6 is 0 Å². The van der Waals surface area contributed by atoms with Gasteiger partial charge in [0.15, 0.2) is 0 Å². The minimum atomic E-state index is -3.32. The Bertz CT molecular complexity index is 591. The van der Waals surface area contributed by atoms with Gasteiger partial charge in [-0.15, -0.1) is 0 Å². The maximum Gasteiger partial charge on any atom is 0.281 e. The zero-order valence-corrected chi connectivity index (χ0v) is 13.2. The van der Waals surface area contributed by atoms with Crippen molar-refractivity contribution in [3.63, 3.8) is 0 Å². The van der Waals surface area contributed by atoms with Crippen LogP contribution < -0.4 is 4.74 Å². The molecular formula is C14H21N3O3S. The van der Waals surface area contributed by atoms with Crippen LogP contribution in [0.1, 0.15) is 12.8 Å². The lowest BCUT2D eigenvalue weighted by Gasteiger charge is -2.23. The lowest BCUT2D eigenvalue weighted by atomic mass is 9.99. The first-order chi connectivity index (χ1) is 9.98. The fourth-order valence-corrected chi connectivity index (χ4v) is 4.53. The highest BCUT2D eigenvalue weighted by Gasteiger charge is 2.47. The molecule has 0 aromatic carbocycles. The van der Waals surface area contributed by atoms with Gasteiger partial charge in [-0.3, -0.25) is 4.98 Å². The van der Waals surface area contributed by atoms with Gasteiger partial charge in [-0.1, -0.05) is 0 Å². The molecule has 7 heteroatoms. The molecule has 1 aromatic rings. The molecule has 6 nitrogen and oxygen atoms in total. The van der Waals surface area contributed by atoms with Gasteiger partial charge in [0.1, 0.15) is 11.9 Å². The number of hydrogen-bond donors (Lipinski definition) is 0. The summed E-state index contributed by atoms with van der Waals surface area (Å²) in [5.74, 6) is 1.44. The fraction of sp³-hybridized carbons (Fsp3) is 0.643. The SMILES string of the molecule is CN(C)S(=O)(=O)N1C[C@H]2CC[C@@H](Oc3cccnc3)[C@H]2C1. The van der Waals surface area contributed by atoms with E-state index in [2.05, 4.69) is 4.98 Å². The molecule has 2 aliphatic rings. The molecule has 0 radical (unpaired) electrons. The predicted octanol–water partition coefficient (Wildman–Crippen LogP) is 0.977. The van der Waals surface area contributed by atoms with Gasteiger partial charge < -0.3 is 4.74 Å². The van der Waals surface area contributed by atoms with E-state index >= 15 is 0 Å². The van der Waals surface area contributed by atoms with Gasteiger partial charge in [0, 0.05) is 39.3 Å². The molecule has 116 valence electrons. The lowest BCUT2D eigenvalue weighted by molar-refractivity contribution is 0.154. The topological polar surface area (TPSA) is 62.7 Å². The lowest BCUT2D eigenvalue weighted by Crippen LogP contribution is -2.40. The summed E-state index contributed by atoms with van der Waals surface area (Å²) in [5, 5.41) is 0. The Hall–Kier alpha value is -1.18. The molecule has 2 heterocycles. The Morgan fingerprint density at radius 2 is 2.14 bits per heavy atom. The first-order valence-electron chi connectivity index (χ1n) is 7.23. The summed E-state index contributed by atoms with van der Waals surface area (Å²) in [7, 11) is -0.163. The van der Waals surface area contributed by atoms with Crippen molar-refractivity contribution in [2.24, 2.45) is 11.8 Å². The molecule has 3 atom stereocenters. The van der Waals surface area contributed by atoms with E-state index < -0.39 is 10.2 Å². The van der Waals surface area contributed by atoms with E-state index in [0.29, 0.717) is 19.0 Å². The van der Waals surface area contributed by atoms with Crippen molar-refractivity contribution < 1.29 is 13.2 Å². The molecular weight excluding hydrogens is 290 g/mol. The van der Waals surface area contributed by atoms with E-state index in [-0.39, 0.29) is 12.0 Å². The van der Waals surface area contributed by atoms with Crippen LogP contribution in [0.25, 0.3) is 0 Å².